The summed E-state index contributed by atoms with van der Waals surface area (Å²) in [5.74, 6) is -0.401. The molecule has 4 heteroatoms. The molecule has 1 aromatic carbocycles. The van der Waals surface area contributed by atoms with Crippen molar-refractivity contribution in [1.29, 1.82) is 0 Å². The first-order valence-electron chi connectivity index (χ1n) is 3.96. The number of carbonyl (C=O) groups excluding carboxylic acids is 1. The smallest absolute Gasteiger partial charge is 0.229 e. The van der Waals surface area contributed by atoms with E-state index in [9.17, 15) is 9.18 Å². The van der Waals surface area contributed by atoms with Gasteiger partial charge in [0.15, 0.2) is 6.29 Å². The predicted octanol–water partition coefficient (Wildman–Crippen LogP) is 2.29. The van der Waals surface area contributed by atoms with E-state index >= 15 is 0 Å². The van der Waals surface area contributed by atoms with Crippen LogP contribution in [0.1, 0.15) is 10.4 Å². The largest absolute Gasteiger partial charge is 0.444 e. The number of aldehydes is 1. The molecule has 0 unspecified atom stereocenters. The van der Waals surface area contributed by atoms with Crippen molar-refractivity contribution in [3.63, 3.8) is 0 Å². The summed E-state index contributed by atoms with van der Waals surface area (Å²) in [5.41, 5.74) is 0.333. The minimum absolute atomic E-state index is 0.104. The number of hydrogen-bond donors (Lipinski definition) is 0. The molecule has 0 spiro atoms. The van der Waals surface area contributed by atoms with Crippen molar-refractivity contribution in [2.24, 2.45) is 0 Å². The van der Waals surface area contributed by atoms with Crippen LogP contribution >= 0.6 is 0 Å². The van der Waals surface area contributed by atoms with E-state index in [4.69, 9.17) is 4.42 Å². The molecular weight excluding hydrogens is 185 g/mol. The third kappa shape index (κ3) is 1.31. The first-order chi connectivity index (χ1) is 6.83. The molecule has 14 heavy (non-hydrogen) atoms. The Morgan fingerprint density at radius 1 is 1.43 bits per heavy atom. The monoisotopic (exact) mass is 191 g/mol. The highest BCUT2D eigenvalue weighted by atomic mass is 19.1. The summed E-state index contributed by atoms with van der Waals surface area (Å²) < 4.78 is 18.3. The van der Waals surface area contributed by atoms with E-state index < -0.39 is 5.82 Å². The van der Waals surface area contributed by atoms with E-state index in [1.807, 2.05) is 0 Å². The van der Waals surface area contributed by atoms with Crippen LogP contribution in [0.3, 0.4) is 0 Å². The second-order valence-electron chi connectivity index (χ2n) is 2.66. The van der Waals surface area contributed by atoms with Gasteiger partial charge in [-0.1, -0.05) is 12.1 Å². The van der Waals surface area contributed by atoms with Gasteiger partial charge in [-0.3, -0.25) is 4.79 Å². The van der Waals surface area contributed by atoms with E-state index in [0.29, 0.717) is 6.29 Å². The molecule has 0 amide bonds. The average molecular weight is 191 g/mol. The van der Waals surface area contributed by atoms with Gasteiger partial charge < -0.3 is 4.42 Å². The van der Waals surface area contributed by atoms with Crippen molar-refractivity contribution in [2.75, 3.05) is 0 Å². The number of rotatable bonds is 2. The number of benzene rings is 1. The molecule has 0 atom stereocenters. The fraction of sp³-hybridized carbons (Fsp3) is 0. The van der Waals surface area contributed by atoms with Crippen molar-refractivity contribution in [2.45, 2.75) is 0 Å². The van der Waals surface area contributed by atoms with Crippen LogP contribution < -0.4 is 0 Å². The molecule has 2 rings (SSSR count). The quantitative estimate of drug-likeness (QED) is 0.684. The maximum Gasteiger partial charge on any atom is 0.229 e. The lowest BCUT2D eigenvalue weighted by molar-refractivity contribution is 0.112. The molecule has 3 nitrogen and oxygen atoms in total. The van der Waals surface area contributed by atoms with Crippen LogP contribution in [0.5, 0.6) is 0 Å². The van der Waals surface area contributed by atoms with E-state index in [2.05, 4.69) is 4.98 Å². The van der Waals surface area contributed by atoms with Gasteiger partial charge in [-0.15, -0.1) is 0 Å². The van der Waals surface area contributed by atoms with E-state index in [1.165, 1.54) is 30.7 Å². The van der Waals surface area contributed by atoms with Crippen molar-refractivity contribution in [1.82, 2.24) is 4.98 Å². The highest BCUT2D eigenvalue weighted by Gasteiger charge is 2.13. The summed E-state index contributed by atoms with van der Waals surface area (Å²) in [6, 6.07) is 4.23. The second-order valence-corrected chi connectivity index (χ2v) is 2.66. The molecule has 0 N–H and O–H groups in total. The molecule has 0 fully saturated rings. The molecule has 0 aliphatic rings. The highest BCUT2D eigenvalue weighted by Crippen LogP contribution is 2.23. The average Bonchev–Trinajstić information content (AvgIpc) is 2.70. The van der Waals surface area contributed by atoms with Gasteiger partial charge in [0.1, 0.15) is 12.1 Å². The van der Waals surface area contributed by atoms with Gasteiger partial charge in [0.2, 0.25) is 5.89 Å². The molecule has 1 heterocycles. The molecule has 1 aromatic heterocycles. The van der Waals surface area contributed by atoms with Crippen LogP contribution in [0, 0.1) is 5.82 Å². The van der Waals surface area contributed by atoms with Crippen molar-refractivity contribution < 1.29 is 13.6 Å². The lowest BCUT2D eigenvalue weighted by Gasteiger charge is -2.00. The number of oxazole rings is 1. The number of carbonyl (C=O) groups is 1. The molecule has 0 aliphatic carbocycles. The van der Waals surface area contributed by atoms with E-state index in [-0.39, 0.29) is 17.0 Å². The summed E-state index contributed by atoms with van der Waals surface area (Å²) in [5, 5.41) is 0. The normalized spacial score (nSPS) is 10.1. The van der Waals surface area contributed by atoms with E-state index in [1.54, 1.807) is 0 Å². The summed E-state index contributed by atoms with van der Waals surface area (Å²) >= 11 is 0. The fourth-order valence-corrected chi connectivity index (χ4v) is 1.21. The zero-order chi connectivity index (χ0) is 9.97. The van der Waals surface area contributed by atoms with Crippen LogP contribution in [0.15, 0.2) is 35.1 Å². The van der Waals surface area contributed by atoms with Gasteiger partial charge in [0.05, 0.1) is 11.8 Å². The Labute approximate surface area is 79.2 Å². The third-order valence-corrected chi connectivity index (χ3v) is 1.82. The first-order valence-corrected chi connectivity index (χ1v) is 3.96. The number of hydrogen-bond acceptors (Lipinski definition) is 3. The topological polar surface area (TPSA) is 43.1 Å². The second kappa shape index (κ2) is 3.41. The van der Waals surface area contributed by atoms with Gasteiger partial charge in [0, 0.05) is 5.56 Å². The summed E-state index contributed by atoms with van der Waals surface area (Å²) in [6.07, 6.45) is 3.30. The Kier molecular flexibility index (Phi) is 2.10. The van der Waals surface area contributed by atoms with E-state index in [0.717, 1.165) is 0 Å². The predicted molar refractivity (Wildman–Crippen MR) is 47.3 cm³/mol. The van der Waals surface area contributed by atoms with Crippen LogP contribution in [0.25, 0.3) is 11.5 Å². The lowest BCUT2D eigenvalue weighted by Crippen LogP contribution is -1.91. The Hall–Kier alpha value is -1.97. The fourth-order valence-electron chi connectivity index (χ4n) is 1.21. The Morgan fingerprint density at radius 3 is 2.93 bits per heavy atom. The third-order valence-electron chi connectivity index (χ3n) is 1.82. The Balaban J connectivity index is 2.67. The van der Waals surface area contributed by atoms with Gasteiger partial charge in [0.25, 0.3) is 0 Å². The highest BCUT2D eigenvalue weighted by molar-refractivity contribution is 5.85. The van der Waals surface area contributed by atoms with Gasteiger partial charge in [-0.2, -0.15) is 0 Å². The van der Waals surface area contributed by atoms with Gasteiger partial charge in [-0.05, 0) is 6.07 Å². The molecule has 0 radical (unpaired) electrons. The number of nitrogens with zero attached hydrogens (tertiary/aromatic N) is 1. The first kappa shape index (κ1) is 8.62. The zero-order valence-corrected chi connectivity index (χ0v) is 7.11. The summed E-state index contributed by atoms with van der Waals surface area (Å²) in [4.78, 5) is 14.4. The van der Waals surface area contributed by atoms with Gasteiger partial charge in [-0.25, -0.2) is 9.37 Å². The van der Waals surface area contributed by atoms with Crippen LogP contribution in [-0.2, 0) is 0 Å². The standard InChI is InChI=1S/C10H6FNO2/c11-8-3-1-2-7(6-13)9(8)10-12-4-5-14-10/h1-6H. The zero-order valence-electron chi connectivity index (χ0n) is 7.11. The minimum Gasteiger partial charge on any atom is -0.444 e. The van der Waals surface area contributed by atoms with Crippen molar-refractivity contribution >= 4 is 6.29 Å². The number of halogens is 1. The summed E-state index contributed by atoms with van der Waals surface area (Å²) in [6.45, 7) is 0. The molecule has 0 saturated carbocycles. The molecular formula is C10H6FNO2. The molecule has 0 aliphatic heterocycles. The lowest BCUT2D eigenvalue weighted by atomic mass is 10.1. The minimum atomic E-state index is -0.517. The van der Waals surface area contributed by atoms with Crippen LogP contribution in [0.2, 0.25) is 0 Å². The number of aromatic nitrogens is 1. The molecule has 70 valence electrons. The molecule has 0 saturated heterocycles. The van der Waals surface area contributed by atoms with Crippen molar-refractivity contribution in [3.05, 3.63) is 42.0 Å². The molecule has 2 aromatic rings. The van der Waals surface area contributed by atoms with Gasteiger partial charge >= 0.3 is 0 Å². The molecule has 0 bridgehead atoms. The van der Waals surface area contributed by atoms with Crippen LogP contribution in [0.4, 0.5) is 4.39 Å². The Morgan fingerprint density at radius 2 is 2.29 bits per heavy atom. The maximum atomic E-state index is 13.3. The van der Waals surface area contributed by atoms with Crippen LogP contribution in [-0.4, -0.2) is 11.3 Å². The van der Waals surface area contributed by atoms with Crippen molar-refractivity contribution in [3.8, 4) is 11.5 Å². The summed E-state index contributed by atoms with van der Waals surface area (Å²) in [7, 11) is 0. The maximum absolute atomic E-state index is 13.3. The Bertz CT molecular complexity index is 451. The SMILES string of the molecule is O=Cc1cccc(F)c1-c1ncco1.